The average molecular weight is 336 g/mol. The van der Waals surface area contributed by atoms with Crippen LogP contribution in [0, 0.1) is 0 Å². The number of alkyl halides is 5. The molecule has 1 aromatic carbocycles. The van der Waals surface area contributed by atoms with Crippen LogP contribution in [0.1, 0.15) is 24.0 Å². The van der Waals surface area contributed by atoms with E-state index in [1.165, 1.54) is 12.1 Å². The quantitative estimate of drug-likeness (QED) is 0.453. The molecule has 0 radical (unpaired) electrons. The first-order valence-electron chi connectivity index (χ1n) is 6.59. The number of halogens is 5. The molecule has 1 aromatic rings. The first kappa shape index (κ1) is 17.0. The second kappa shape index (κ2) is 6.40. The van der Waals surface area contributed by atoms with Crippen LogP contribution in [0.15, 0.2) is 23.2 Å². The summed E-state index contributed by atoms with van der Waals surface area (Å²) >= 11 is 4.38. The van der Waals surface area contributed by atoms with Crippen molar-refractivity contribution in [2.75, 3.05) is 13.1 Å². The molecule has 2 nitrogen and oxygen atoms in total. The van der Waals surface area contributed by atoms with Gasteiger partial charge in [0, 0.05) is 32.5 Å². The number of likely N-dealkylation sites (tertiary alicyclic amines) is 1. The van der Waals surface area contributed by atoms with Crippen molar-refractivity contribution in [2.24, 2.45) is 4.99 Å². The van der Waals surface area contributed by atoms with Crippen LogP contribution in [-0.4, -0.2) is 29.1 Å². The number of thiocarbonyl (C=S) groups is 1. The Morgan fingerprint density at radius 2 is 1.86 bits per heavy atom. The van der Waals surface area contributed by atoms with Crippen molar-refractivity contribution in [1.82, 2.24) is 4.90 Å². The van der Waals surface area contributed by atoms with E-state index in [1.807, 2.05) is 5.16 Å². The molecule has 0 aromatic heterocycles. The highest BCUT2D eigenvalue weighted by molar-refractivity contribution is 7.78. The van der Waals surface area contributed by atoms with Gasteiger partial charge >= 0.3 is 6.18 Å². The van der Waals surface area contributed by atoms with Gasteiger partial charge in [-0.05, 0) is 29.9 Å². The molecule has 0 atom stereocenters. The molecule has 2 rings (SSSR count). The number of piperidine rings is 1. The van der Waals surface area contributed by atoms with Crippen LogP contribution in [0.4, 0.5) is 27.6 Å². The summed E-state index contributed by atoms with van der Waals surface area (Å²) in [6.07, 6.45) is -5.20. The lowest BCUT2D eigenvalue weighted by molar-refractivity contribution is -0.138. The van der Waals surface area contributed by atoms with Crippen LogP contribution in [0.25, 0.3) is 0 Å². The van der Waals surface area contributed by atoms with E-state index in [0.29, 0.717) is 0 Å². The predicted octanol–water partition coefficient (Wildman–Crippen LogP) is 4.67. The molecule has 0 spiro atoms. The number of isothiocyanates is 1. The lowest BCUT2D eigenvalue weighted by atomic mass is 10.0. The first-order chi connectivity index (χ1) is 10.2. The van der Waals surface area contributed by atoms with E-state index >= 15 is 0 Å². The van der Waals surface area contributed by atoms with Crippen molar-refractivity contribution < 1.29 is 22.0 Å². The second-order valence-electron chi connectivity index (χ2n) is 5.17. The third-order valence-electron chi connectivity index (χ3n) is 3.56. The van der Waals surface area contributed by atoms with Gasteiger partial charge in [0.1, 0.15) is 0 Å². The monoisotopic (exact) mass is 336 g/mol. The molecule has 120 valence electrons. The fourth-order valence-electron chi connectivity index (χ4n) is 2.37. The van der Waals surface area contributed by atoms with Gasteiger partial charge in [0.2, 0.25) is 0 Å². The summed E-state index contributed by atoms with van der Waals surface area (Å²) in [6.45, 7) is 0.126. The third-order valence-corrected chi connectivity index (χ3v) is 3.65. The molecule has 0 unspecified atom stereocenters. The summed E-state index contributed by atoms with van der Waals surface area (Å²) in [5.74, 6) is -2.72. The zero-order chi connectivity index (χ0) is 16.4. The Balaban J connectivity index is 2.22. The van der Waals surface area contributed by atoms with Crippen molar-refractivity contribution in [1.29, 1.82) is 0 Å². The van der Waals surface area contributed by atoms with E-state index in [4.69, 9.17) is 0 Å². The maximum absolute atomic E-state index is 13.1. The van der Waals surface area contributed by atoms with Gasteiger partial charge in [-0.25, -0.2) is 8.78 Å². The van der Waals surface area contributed by atoms with Gasteiger partial charge in [-0.1, -0.05) is 6.07 Å². The molecule has 0 bridgehead atoms. The molecule has 8 heteroatoms. The molecule has 0 aliphatic carbocycles. The fourth-order valence-corrected chi connectivity index (χ4v) is 2.47. The van der Waals surface area contributed by atoms with Gasteiger partial charge in [0.15, 0.2) is 0 Å². The molecule has 1 heterocycles. The number of aliphatic imine (C=N–C) groups is 1. The first-order valence-corrected chi connectivity index (χ1v) is 7.00. The van der Waals surface area contributed by atoms with E-state index in [2.05, 4.69) is 17.2 Å². The summed E-state index contributed by atoms with van der Waals surface area (Å²) in [7, 11) is 0. The van der Waals surface area contributed by atoms with Crippen molar-refractivity contribution in [2.45, 2.75) is 31.5 Å². The Morgan fingerprint density at radius 3 is 2.41 bits per heavy atom. The van der Waals surface area contributed by atoms with E-state index in [0.717, 1.165) is 6.07 Å². The fraction of sp³-hybridized carbons (Fsp3) is 0.500. The van der Waals surface area contributed by atoms with Crippen molar-refractivity contribution in [3.8, 4) is 0 Å². The molecule has 0 N–H and O–H groups in total. The Labute approximate surface area is 129 Å². The Hall–Kier alpha value is -1.37. The highest BCUT2D eigenvalue weighted by Crippen LogP contribution is 2.36. The van der Waals surface area contributed by atoms with Crippen LogP contribution in [0.2, 0.25) is 0 Å². The molecule has 1 saturated heterocycles. The number of benzene rings is 1. The largest absolute Gasteiger partial charge is 0.416 e. The molecule has 0 saturated carbocycles. The van der Waals surface area contributed by atoms with Gasteiger partial charge in [-0.3, -0.25) is 4.90 Å². The normalized spacial score (nSPS) is 18.8. The average Bonchev–Trinajstić information content (AvgIpc) is 2.42. The molecule has 1 aliphatic heterocycles. The summed E-state index contributed by atoms with van der Waals surface area (Å²) in [5, 5.41) is 2.02. The van der Waals surface area contributed by atoms with Crippen LogP contribution in [-0.2, 0) is 12.7 Å². The Morgan fingerprint density at radius 1 is 1.23 bits per heavy atom. The summed E-state index contributed by atoms with van der Waals surface area (Å²) < 4.78 is 65.5. The van der Waals surface area contributed by atoms with Gasteiger partial charge in [0.25, 0.3) is 5.92 Å². The Kier molecular flexibility index (Phi) is 4.94. The minimum atomic E-state index is -4.54. The maximum atomic E-state index is 13.1. The van der Waals surface area contributed by atoms with E-state index in [9.17, 15) is 22.0 Å². The van der Waals surface area contributed by atoms with E-state index in [-0.39, 0.29) is 43.7 Å². The molecule has 1 fully saturated rings. The van der Waals surface area contributed by atoms with Gasteiger partial charge in [-0.15, -0.1) is 0 Å². The number of hydrogen-bond donors (Lipinski definition) is 0. The molecule has 1 aliphatic rings. The van der Waals surface area contributed by atoms with Crippen LogP contribution < -0.4 is 0 Å². The van der Waals surface area contributed by atoms with E-state index < -0.39 is 17.7 Å². The van der Waals surface area contributed by atoms with Gasteiger partial charge in [0.05, 0.1) is 16.4 Å². The number of hydrogen-bond acceptors (Lipinski definition) is 3. The van der Waals surface area contributed by atoms with Crippen LogP contribution >= 0.6 is 12.2 Å². The zero-order valence-corrected chi connectivity index (χ0v) is 12.3. The third kappa shape index (κ3) is 4.32. The standard InChI is InChI=1S/C14H13F5N2S/c15-13(16)3-5-21(6-4-13)8-10-1-2-11(20-9-22)7-12(10)14(17,18)19/h1-2,7H,3-6,8H2. The Bertz CT molecular complexity index is 583. The molecular weight excluding hydrogens is 323 g/mol. The minimum Gasteiger partial charge on any atom is -0.299 e. The molecular formula is C14H13F5N2S. The highest BCUT2D eigenvalue weighted by atomic mass is 32.1. The van der Waals surface area contributed by atoms with Crippen LogP contribution in [0.5, 0.6) is 0 Å². The maximum Gasteiger partial charge on any atom is 0.416 e. The van der Waals surface area contributed by atoms with Crippen molar-refractivity contribution in [3.05, 3.63) is 29.3 Å². The predicted molar refractivity (Wildman–Crippen MR) is 75.6 cm³/mol. The van der Waals surface area contributed by atoms with Crippen molar-refractivity contribution in [3.63, 3.8) is 0 Å². The summed E-state index contributed by atoms with van der Waals surface area (Å²) in [6, 6.07) is 3.61. The minimum absolute atomic E-state index is 0.0213. The smallest absolute Gasteiger partial charge is 0.299 e. The SMILES string of the molecule is FC1(F)CCN(Cc2ccc(N=C=S)cc2C(F)(F)F)CC1. The molecule has 22 heavy (non-hydrogen) atoms. The lowest BCUT2D eigenvalue weighted by Crippen LogP contribution is -2.39. The number of nitrogens with zero attached hydrogens (tertiary/aromatic N) is 2. The zero-order valence-electron chi connectivity index (χ0n) is 11.5. The second-order valence-corrected chi connectivity index (χ2v) is 5.36. The lowest BCUT2D eigenvalue weighted by Gasteiger charge is -2.32. The summed E-state index contributed by atoms with van der Waals surface area (Å²) in [5.41, 5.74) is -0.714. The summed E-state index contributed by atoms with van der Waals surface area (Å²) in [4.78, 5) is 5.14. The van der Waals surface area contributed by atoms with Crippen LogP contribution in [0.3, 0.4) is 0 Å². The molecule has 0 amide bonds. The van der Waals surface area contributed by atoms with Gasteiger partial charge in [-0.2, -0.15) is 18.2 Å². The van der Waals surface area contributed by atoms with E-state index in [1.54, 1.807) is 4.90 Å². The highest BCUT2D eigenvalue weighted by Gasteiger charge is 2.36. The topological polar surface area (TPSA) is 15.6 Å². The van der Waals surface area contributed by atoms with Gasteiger partial charge < -0.3 is 0 Å². The number of rotatable bonds is 3. The van der Waals surface area contributed by atoms with Crippen molar-refractivity contribution >= 4 is 23.1 Å².